The van der Waals surface area contributed by atoms with Crippen molar-refractivity contribution >= 4 is 6.29 Å². The lowest BCUT2D eigenvalue weighted by atomic mass is 10.1. The zero-order valence-electron chi connectivity index (χ0n) is 7.51. The van der Waals surface area contributed by atoms with Crippen LogP contribution in [0.2, 0.25) is 0 Å². The van der Waals surface area contributed by atoms with Crippen LogP contribution in [0.5, 0.6) is 0 Å². The van der Waals surface area contributed by atoms with E-state index in [0.717, 1.165) is 18.4 Å². The van der Waals surface area contributed by atoms with E-state index < -0.39 is 0 Å². The van der Waals surface area contributed by atoms with Gasteiger partial charge in [-0.05, 0) is 43.8 Å². The first-order valence-corrected chi connectivity index (χ1v) is 4.16. The Morgan fingerprint density at radius 3 is 2.92 bits per heavy atom. The summed E-state index contributed by atoms with van der Waals surface area (Å²) >= 11 is 0. The van der Waals surface area contributed by atoms with Crippen molar-refractivity contribution in [1.82, 2.24) is 5.32 Å². The van der Waals surface area contributed by atoms with E-state index in [0.29, 0.717) is 12.0 Å². The fraction of sp³-hybridized carbons (Fsp3) is 0.300. The van der Waals surface area contributed by atoms with Crippen molar-refractivity contribution < 1.29 is 9.18 Å². The molecule has 70 valence electrons. The van der Waals surface area contributed by atoms with Crippen molar-refractivity contribution in [3.05, 3.63) is 35.1 Å². The minimum absolute atomic E-state index is 0.295. The van der Waals surface area contributed by atoms with Gasteiger partial charge in [0.15, 0.2) is 0 Å². The number of hydrogen-bond acceptors (Lipinski definition) is 2. The molecule has 1 aromatic rings. The molecular weight excluding hydrogens is 169 g/mol. The second-order valence-electron chi connectivity index (χ2n) is 2.81. The highest BCUT2D eigenvalue weighted by Gasteiger charge is 2.02. The Morgan fingerprint density at radius 1 is 1.54 bits per heavy atom. The average Bonchev–Trinajstić information content (AvgIpc) is 2.15. The monoisotopic (exact) mass is 181 g/mol. The van der Waals surface area contributed by atoms with E-state index in [9.17, 15) is 9.18 Å². The SMILES string of the molecule is CNCCc1cc(F)ccc1C=O. The summed E-state index contributed by atoms with van der Waals surface area (Å²) in [5.74, 6) is -0.295. The molecule has 0 fully saturated rings. The fourth-order valence-electron chi connectivity index (χ4n) is 1.17. The smallest absolute Gasteiger partial charge is 0.150 e. The van der Waals surface area contributed by atoms with Gasteiger partial charge in [-0.1, -0.05) is 0 Å². The van der Waals surface area contributed by atoms with Crippen LogP contribution in [0, 0.1) is 5.82 Å². The van der Waals surface area contributed by atoms with E-state index in [-0.39, 0.29) is 5.82 Å². The molecular formula is C10H12FNO. The number of rotatable bonds is 4. The number of aldehydes is 1. The van der Waals surface area contributed by atoms with Crippen LogP contribution in [0.4, 0.5) is 4.39 Å². The van der Waals surface area contributed by atoms with Gasteiger partial charge in [0, 0.05) is 5.56 Å². The predicted octanol–water partition coefficient (Wildman–Crippen LogP) is 1.40. The van der Waals surface area contributed by atoms with Gasteiger partial charge in [-0.3, -0.25) is 4.79 Å². The van der Waals surface area contributed by atoms with Crippen molar-refractivity contribution in [2.75, 3.05) is 13.6 Å². The molecule has 1 N–H and O–H groups in total. The Morgan fingerprint density at radius 2 is 2.31 bits per heavy atom. The van der Waals surface area contributed by atoms with E-state index in [2.05, 4.69) is 5.32 Å². The first kappa shape index (κ1) is 9.86. The summed E-state index contributed by atoms with van der Waals surface area (Å²) in [4.78, 5) is 10.6. The van der Waals surface area contributed by atoms with Crippen molar-refractivity contribution in [1.29, 1.82) is 0 Å². The molecule has 0 heterocycles. The van der Waals surface area contributed by atoms with Crippen LogP contribution in [0.1, 0.15) is 15.9 Å². The van der Waals surface area contributed by atoms with Gasteiger partial charge in [0.05, 0.1) is 0 Å². The van der Waals surface area contributed by atoms with Gasteiger partial charge in [-0.15, -0.1) is 0 Å². The number of carbonyl (C=O) groups excluding carboxylic acids is 1. The van der Waals surface area contributed by atoms with E-state index in [1.165, 1.54) is 18.2 Å². The van der Waals surface area contributed by atoms with Crippen LogP contribution in [0.3, 0.4) is 0 Å². The molecule has 1 aromatic carbocycles. The highest BCUT2D eigenvalue weighted by Crippen LogP contribution is 2.09. The molecule has 0 aliphatic rings. The first-order valence-electron chi connectivity index (χ1n) is 4.16. The lowest BCUT2D eigenvalue weighted by Gasteiger charge is -2.03. The minimum atomic E-state index is -0.295. The molecule has 0 amide bonds. The Labute approximate surface area is 76.8 Å². The molecule has 0 bridgehead atoms. The number of nitrogens with one attached hydrogen (secondary N) is 1. The maximum Gasteiger partial charge on any atom is 0.150 e. The molecule has 0 saturated heterocycles. The van der Waals surface area contributed by atoms with Crippen LogP contribution in [-0.2, 0) is 6.42 Å². The number of benzene rings is 1. The van der Waals surface area contributed by atoms with Crippen LogP contribution < -0.4 is 5.32 Å². The quantitative estimate of drug-likeness (QED) is 0.711. The average molecular weight is 181 g/mol. The van der Waals surface area contributed by atoms with Crippen molar-refractivity contribution in [2.45, 2.75) is 6.42 Å². The molecule has 1 rings (SSSR count). The topological polar surface area (TPSA) is 29.1 Å². The number of likely N-dealkylation sites (N-methyl/N-ethyl adjacent to an activating group) is 1. The van der Waals surface area contributed by atoms with E-state index in [1.54, 1.807) is 0 Å². The summed E-state index contributed by atoms with van der Waals surface area (Å²) in [7, 11) is 1.82. The maximum absolute atomic E-state index is 12.8. The highest BCUT2D eigenvalue weighted by molar-refractivity contribution is 5.77. The maximum atomic E-state index is 12.8. The summed E-state index contributed by atoms with van der Waals surface area (Å²) < 4.78 is 12.8. The van der Waals surface area contributed by atoms with E-state index >= 15 is 0 Å². The summed E-state index contributed by atoms with van der Waals surface area (Å²) in [6.07, 6.45) is 1.42. The second kappa shape index (κ2) is 4.72. The van der Waals surface area contributed by atoms with Gasteiger partial charge in [-0.25, -0.2) is 4.39 Å². The first-order chi connectivity index (χ1) is 6.27. The van der Waals surface area contributed by atoms with Crippen molar-refractivity contribution in [3.63, 3.8) is 0 Å². The molecule has 2 nitrogen and oxygen atoms in total. The van der Waals surface area contributed by atoms with Crippen LogP contribution in [-0.4, -0.2) is 19.9 Å². The summed E-state index contributed by atoms with van der Waals surface area (Å²) in [6.45, 7) is 0.740. The molecule has 0 atom stereocenters. The highest BCUT2D eigenvalue weighted by atomic mass is 19.1. The predicted molar refractivity (Wildman–Crippen MR) is 49.4 cm³/mol. The summed E-state index contributed by atoms with van der Waals surface area (Å²) in [5, 5.41) is 2.95. The molecule has 0 spiro atoms. The van der Waals surface area contributed by atoms with Crippen molar-refractivity contribution in [2.24, 2.45) is 0 Å². The molecule has 0 unspecified atom stereocenters. The molecule has 0 aliphatic carbocycles. The van der Waals surface area contributed by atoms with E-state index in [1.807, 2.05) is 7.05 Å². The second-order valence-corrected chi connectivity index (χ2v) is 2.81. The zero-order valence-corrected chi connectivity index (χ0v) is 7.51. The van der Waals surface area contributed by atoms with Gasteiger partial charge in [0.1, 0.15) is 12.1 Å². The lowest BCUT2D eigenvalue weighted by molar-refractivity contribution is 0.112. The van der Waals surface area contributed by atoms with Gasteiger partial charge in [-0.2, -0.15) is 0 Å². The Bertz CT molecular complexity index is 299. The third kappa shape index (κ3) is 2.63. The third-order valence-electron chi connectivity index (χ3n) is 1.88. The molecule has 0 aliphatic heterocycles. The Hall–Kier alpha value is -1.22. The van der Waals surface area contributed by atoms with Crippen LogP contribution >= 0.6 is 0 Å². The fourth-order valence-corrected chi connectivity index (χ4v) is 1.17. The van der Waals surface area contributed by atoms with Gasteiger partial charge < -0.3 is 5.32 Å². The molecule has 0 saturated carbocycles. The number of halogens is 1. The number of hydrogen-bond donors (Lipinski definition) is 1. The Balaban J connectivity index is 2.87. The van der Waals surface area contributed by atoms with Gasteiger partial charge in [0.25, 0.3) is 0 Å². The van der Waals surface area contributed by atoms with Crippen LogP contribution in [0.15, 0.2) is 18.2 Å². The largest absolute Gasteiger partial charge is 0.319 e. The normalized spacial score (nSPS) is 10.0. The van der Waals surface area contributed by atoms with E-state index in [4.69, 9.17) is 0 Å². The molecule has 13 heavy (non-hydrogen) atoms. The number of carbonyl (C=O) groups is 1. The molecule has 0 radical (unpaired) electrons. The summed E-state index contributed by atoms with van der Waals surface area (Å²) in [6, 6.07) is 4.21. The van der Waals surface area contributed by atoms with Gasteiger partial charge in [0.2, 0.25) is 0 Å². The lowest BCUT2D eigenvalue weighted by Crippen LogP contribution is -2.11. The van der Waals surface area contributed by atoms with Gasteiger partial charge >= 0.3 is 0 Å². The zero-order chi connectivity index (χ0) is 9.68. The van der Waals surface area contributed by atoms with Crippen molar-refractivity contribution in [3.8, 4) is 0 Å². The summed E-state index contributed by atoms with van der Waals surface area (Å²) in [5.41, 5.74) is 1.32. The molecule has 0 aromatic heterocycles. The van der Waals surface area contributed by atoms with Crippen LogP contribution in [0.25, 0.3) is 0 Å². The third-order valence-corrected chi connectivity index (χ3v) is 1.88. The minimum Gasteiger partial charge on any atom is -0.319 e. The Kier molecular flexibility index (Phi) is 3.58. The standard InChI is InChI=1S/C10H12FNO/c1-12-5-4-8-6-10(11)3-2-9(8)7-13/h2-3,6-7,12H,4-5H2,1H3. The molecule has 3 heteroatoms.